The van der Waals surface area contributed by atoms with Gasteiger partial charge in [0, 0.05) is 11.8 Å². The Morgan fingerprint density at radius 2 is 1.93 bits per heavy atom. The van der Waals surface area contributed by atoms with Crippen LogP contribution in [0.1, 0.15) is 44.6 Å². The SMILES string of the molecule is COC(=O)c1c(C)[nH]c(C(=O)[C@H](C)OC(=O)/C=C/c2cccc(F)c2)c1C. The third kappa shape index (κ3) is 4.69. The van der Waals surface area contributed by atoms with E-state index in [9.17, 15) is 18.8 Å². The second kappa shape index (κ2) is 8.44. The van der Waals surface area contributed by atoms with Gasteiger partial charge in [0.25, 0.3) is 0 Å². The highest BCUT2D eigenvalue weighted by Gasteiger charge is 2.26. The number of hydrogen-bond donors (Lipinski definition) is 1. The molecule has 0 bridgehead atoms. The normalized spacial score (nSPS) is 12.0. The Kier molecular flexibility index (Phi) is 6.28. The number of halogens is 1. The van der Waals surface area contributed by atoms with Gasteiger partial charge in [-0.15, -0.1) is 0 Å². The molecular formula is C20H20FNO5. The van der Waals surface area contributed by atoms with E-state index in [2.05, 4.69) is 4.98 Å². The quantitative estimate of drug-likeness (QED) is 0.477. The Bertz CT molecular complexity index is 913. The molecular weight excluding hydrogens is 353 g/mol. The lowest BCUT2D eigenvalue weighted by Crippen LogP contribution is -2.24. The summed E-state index contributed by atoms with van der Waals surface area (Å²) in [4.78, 5) is 39.1. The summed E-state index contributed by atoms with van der Waals surface area (Å²) in [5, 5.41) is 0. The first-order chi connectivity index (χ1) is 12.7. The molecule has 1 aromatic heterocycles. The van der Waals surface area contributed by atoms with E-state index >= 15 is 0 Å². The fourth-order valence-electron chi connectivity index (χ4n) is 2.65. The van der Waals surface area contributed by atoms with Gasteiger partial charge in [0.15, 0.2) is 6.10 Å². The molecule has 0 spiro atoms. The van der Waals surface area contributed by atoms with Gasteiger partial charge in [0.2, 0.25) is 5.78 Å². The molecule has 0 aliphatic heterocycles. The summed E-state index contributed by atoms with van der Waals surface area (Å²) in [7, 11) is 1.26. The summed E-state index contributed by atoms with van der Waals surface area (Å²) in [6.07, 6.45) is 1.43. The summed E-state index contributed by atoms with van der Waals surface area (Å²) < 4.78 is 22.9. The molecule has 2 rings (SSSR count). The Morgan fingerprint density at radius 3 is 2.56 bits per heavy atom. The Labute approximate surface area is 156 Å². The third-order valence-electron chi connectivity index (χ3n) is 4.00. The number of benzene rings is 1. The van der Waals surface area contributed by atoms with E-state index in [0.29, 0.717) is 16.8 Å². The highest BCUT2D eigenvalue weighted by atomic mass is 19.1. The first-order valence-corrected chi connectivity index (χ1v) is 8.20. The molecule has 6 nitrogen and oxygen atoms in total. The zero-order valence-corrected chi connectivity index (χ0v) is 15.5. The number of hydrogen-bond acceptors (Lipinski definition) is 5. The number of carbonyl (C=O) groups excluding carboxylic acids is 3. The van der Waals surface area contributed by atoms with Crippen molar-refractivity contribution in [3.63, 3.8) is 0 Å². The zero-order chi connectivity index (χ0) is 20.1. The fourth-order valence-corrected chi connectivity index (χ4v) is 2.65. The van der Waals surface area contributed by atoms with E-state index in [0.717, 1.165) is 6.08 Å². The van der Waals surface area contributed by atoms with Crippen molar-refractivity contribution >= 4 is 23.8 Å². The van der Waals surface area contributed by atoms with Gasteiger partial charge in [-0.1, -0.05) is 12.1 Å². The second-order valence-corrected chi connectivity index (χ2v) is 5.95. The van der Waals surface area contributed by atoms with Crippen molar-refractivity contribution in [3.05, 3.63) is 64.2 Å². The number of aromatic nitrogens is 1. The van der Waals surface area contributed by atoms with Gasteiger partial charge < -0.3 is 14.5 Å². The summed E-state index contributed by atoms with van der Waals surface area (Å²) >= 11 is 0. The van der Waals surface area contributed by atoms with Crippen molar-refractivity contribution in [2.45, 2.75) is 26.9 Å². The maximum absolute atomic E-state index is 13.1. The Balaban J connectivity index is 2.09. The zero-order valence-electron chi connectivity index (χ0n) is 15.5. The maximum atomic E-state index is 13.1. The Hall–Kier alpha value is -3.22. The highest BCUT2D eigenvalue weighted by molar-refractivity contribution is 6.04. The number of ketones is 1. The van der Waals surface area contributed by atoms with Crippen molar-refractivity contribution in [3.8, 4) is 0 Å². The standard InChI is InChI=1S/C20H20FNO5/c1-11-17(20(25)26-4)12(2)22-18(11)19(24)13(3)27-16(23)9-8-14-6-5-7-15(21)10-14/h5-10,13,22H,1-4H3/b9-8+/t13-/m0/s1. The summed E-state index contributed by atoms with van der Waals surface area (Å²) in [5.74, 6) is -2.19. The van der Waals surface area contributed by atoms with Crippen molar-refractivity contribution in [1.29, 1.82) is 0 Å². The molecule has 1 aromatic carbocycles. The average molecular weight is 373 g/mol. The number of nitrogens with one attached hydrogen (secondary N) is 1. The minimum atomic E-state index is -1.07. The largest absolute Gasteiger partial charge is 0.465 e. The molecule has 7 heteroatoms. The molecule has 1 N–H and O–H groups in total. The third-order valence-corrected chi connectivity index (χ3v) is 4.00. The first kappa shape index (κ1) is 20.1. The van der Waals surface area contributed by atoms with Crippen LogP contribution in [0.4, 0.5) is 4.39 Å². The van der Waals surface area contributed by atoms with Gasteiger partial charge in [0.05, 0.1) is 18.4 Å². The second-order valence-electron chi connectivity index (χ2n) is 5.95. The lowest BCUT2D eigenvalue weighted by Gasteiger charge is -2.10. The van der Waals surface area contributed by atoms with Gasteiger partial charge in [-0.2, -0.15) is 0 Å². The molecule has 0 aliphatic rings. The molecule has 0 radical (unpaired) electrons. The van der Waals surface area contributed by atoms with E-state index in [1.807, 2.05) is 0 Å². The average Bonchev–Trinajstić information content (AvgIpc) is 2.93. The topological polar surface area (TPSA) is 85.5 Å². The number of H-pyrrole nitrogens is 1. The van der Waals surface area contributed by atoms with Crippen LogP contribution in [0, 0.1) is 19.7 Å². The molecule has 2 aromatic rings. The number of methoxy groups -OCH3 is 1. The molecule has 0 fully saturated rings. The van der Waals surface area contributed by atoms with Crippen LogP contribution in [0.25, 0.3) is 6.08 Å². The molecule has 0 amide bonds. The number of ether oxygens (including phenoxy) is 2. The van der Waals surface area contributed by atoms with Crippen LogP contribution >= 0.6 is 0 Å². The minimum absolute atomic E-state index is 0.183. The molecule has 0 saturated heterocycles. The van der Waals surface area contributed by atoms with Gasteiger partial charge in [0.1, 0.15) is 5.82 Å². The minimum Gasteiger partial charge on any atom is -0.465 e. The molecule has 1 heterocycles. The van der Waals surface area contributed by atoms with Gasteiger partial charge in [-0.3, -0.25) is 4.79 Å². The number of rotatable bonds is 6. The van der Waals surface area contributed by atoms with Crippen molar-refractivity contribution < 1.29 is 28.2 Å². The summed E-state index contributed by atoms with van der Waals surface area (Å²) in [5.41, 5.74) is 1.88. The van der Waals surface area contributed by atoms with E-state index in [-0.39, 0.29) is 11.3 Å². The number of aryl methyl sites for hydroxylation is 1. The lowest BCUT2D eigenvalue weighted by molar-refractivity contribution is -0.140. The predicted molar refractivity (Wildman–Crippen MR) is 96.9 cm³/mol. The smallest absolute Gasteiger partial charge is 0.339 e. The van der Waals surface area contributed by atoms with Crippen LogP contribution in [0.3, 0.4) is 0 Å². The van der Waals surface area contributed by atoms with Crippen LogP contribution in [-0.2, 0) is 14.3 Å². The van der Waals surface area contributed by atoms with Crippen molar-refractivity contribution in [2.24, 2.45) is 0 Å². The Morgan fingerprint density at radius 1 is 1.22 bits per heavy atom. The molecule has 142 valence electrons. The van der Waals surface area contributed by atoms with Crippen LogP contribution in [0.2, 0.25) is 0 Å². The molecule has 0 aliphatic carbocycles. The van der Waals surface area contributed by atoms with Crippen LogP contribution in [0.5, 0.6) is 0 Å². The molecule has 0 unspecified atom stereocenters. The first-order valence-electron chi connectivity index (χ1n) is 8.20. The van der Waals surface area contributed by atoms with Gasteiger partial charge >= 0.3 is 11.9 Å². The monoisotopic (exact) mass is 373 g/mol. The predicted octanol–water partition coefficient (Wildman–Crippen LogP) is 3.39. The number of esters is 2. The molecule has 0 saturated carbocycles. The van der Waals surface area contributed by atoms with Gasteiger partial charge in [-0.05, 0) is 50.1 Å². The van der Waals surface area contributed by atoms with Crippen LogP contribution < -0.4 is 0 Å². The van der Waals surface area contributed by atoms with Crippen molar-refractivity contribution in [2.75, 3.05) is 7.11 Å². The number of aromatic amines is 1. The van der Waals surface area contributed by atoms with Gasteiger partial charge in [-0.25, -0.2) is 14.0 Å². The molecule has 1 atom stereocenters. The van der Waals surface area contributed by atoms with Crippen molar-refractivity contribution in [1.82, 2.24) is 4.98 Å². The maximum Gasteiger partial charge on any atom is 0.339 e. The van der Waals surface area contributed by atoms with Crippen LogP contribution in [0.15, 0.2) is 30.3 Å². The van der Waals surface area contributed by atoms with E-state index < -0.39 is 29.6 Å². The highest BCUT2D eigenvalue weighted by Crippen LogP contribution is 2.21. The summed E-state index contributed by atoms with van der Waals surface area (Å²) in [6, 6.07) is 5.69. The van der Waals surface area contributed by atoms with E-state index in [1.165, 1.54) is 38.3 Å². The lowest BCUT2D eigenvalue weighted by atomic mass is 10.1. The summed E-state index contributed by atoms with van der Waals surface area (Å²) in [6.45, 7) is 4.69. The van der Waals surface area contributed by atoms with E-state index in [4.69, 9.17) is 9.47 Å². The van der Waals surface area contributed by atoms with Crippen LogP contribution in [-0.4, -0.2) is 35.9 Å². The number of carbonyl (C=O) groups is 3. The molecule has 27 heavy (non-hydrogen) atoms. The fraction of sp³-hybridized carbons (Fsp3) is 0.250. The number of Topliss-reactive ketones (excluding diaryl/α,β-unsaturated/α-hetero) is 1. The van der Waals surface area contributed by atoms with E-state index in [1.54, 1.807) is 19.9 Å².